The van der Waals surface area contributed by atoms with Gasteiger partial charge in [0, 0.05) is 18.9 Å². The highest BCUT2D eigenvalue weighted by Gasteiger charge is 2.21. The van der Waals surface area contributed by atoms with Crippen LogP contribution in [-0.2, 0) is 6.54 Å². The van der Waals surface area contributed by atoms with E-state index >= 15 is 0 Å². The number of hydrogen-bond donors (Lipinski definition) is 1. The molecule has 0 radical (unpaired) electrons. The minimum atomic E-state index is 0.738. The molecule has 0 amide bonds. The highest BCUT2D eigenvalue weighted by Crippen LogP contribution is 2.29. The Bertz CT molecular complexity index is 509. The zero-order valence-corrected chi connectivity index (χ0v) is 10.7. The average Bonchev–Trinajstić information content (AvgIpc) is 3.29. The molecule has 3 rings (SSSR count). The summed E-state index contributed by atoms with van der Waals surface area (Å²) in [5, 5.41) is 3.23. The molecule has 0 saturated heterocycles. The quantitative estimate of drug-likeness (QED) is 0.862. The van der Waals surface area contributed by atoms with Gasteiger partial charge in [-0.2, -0.15) is 0 Å². The highest BCUT2D eigenvalue weighted by molar-refractivity contribution is 5.34. The van der Waals surface area contributed by atoms with Crippen molar-refractivity contribution in [2.45, 2.75) is 19.4 Å². The number of benzene rings is 1. The lowest BCUT2D eigenvalue weighted by molar-refractivity contribution is 0.299. The summed E-state index contributed by atoms with van der Waals surface area (Å²) >= 11 is 0. The minimum absolute atomic E-state index is 0.738. The predicted molar refractivity (Wildman–Crippen MR) is 74.0 cm³/mol. The second-order valence-electron chi connectivity index (χ2n) is 4.84. The fourth-order valence-corrected chi connectivity index (χ4v) is 1.79. The van der Waals surface area contributed by atoms with Gasteiger partial charge in [-0.05, 0) is 36.5 Å². The van der Waals surface area contributed by atoms with Gasteiger partial charge in [-0.15, -0.1) is 0 Å². The molecular formula is C15H17N3O. The number of ether oxygens (including phenoxy) is 1. The molecule has 1 aromatic carbocycles. The van der Waals surface area contributed by atoms with E-state index < -0.39 is 0 Å². The van der Waals surface area contributed by atoms with Crippen LogP contribution in [0.4, 0.5) is 5.82 Å². The SMILES string of the molecule is c1cnc(NCc2ccc(OCC3CC3)cc2)cn1. The van der Waals surface area contributed by atoms with Crippen LogP contribution in [0, 0.1) is 5.92 Å². The van der Waals surface area contributed by atoms with Gasteiger partial charge in [-0.25, -0.2) is 4.98 Å². The van der Waals surface area contributed by atoms with E-state index in [1.165, 1.54) is 18.4 Å². The van der Waals surface area contributed by atoms with Crippen molar-refractivity contribution in [3.8, 4) is 5.75 Å². The first-order valence-corrected chi connectivity index (χ1v) is 6.62. The number of nitrogens with zero attached hydrogens (tertiary/aromatic N) is 2. The molecule has 1 fully saturated rings. The highest BCUT2D eigenvalue weighted by atomic mass is 16.5. The van der Waals surface area contributed by atoms with E-state index in [0.717, 1.165) is 30.6 Å². The molecule has 4 heteroatoms. The molecular weight excluding hydrogens is 238 g/mol. The first kappa shape index (κ1) is 12.0. The fraction of sp³-hybridized carbons (Fsp3) is 0.333. The predicted octanol–water partition coefficient (Wildman–Crippen LogP) is 2.88. The lowest BCUT2D eigenvalue weighted by Gasteiger charge is -2.07. The largest absolute Gasteiger partial charge is 0.493 e. The molecule has 98 valence electrons. The van der Waals surface area contributed by atoms with Crippen molar-refractivity contribution in [2.75, 3.05) is 11.9 Å². The maximum Gasteiger partial charge on any atom is 0.144 e. The first-order valence-electron chi connectivity index (χ1n) is 6.62. The van der Waals surface area contributed by atoms with Crippen LogP contribution in [0.15, 0.2) is 42.9 Å². The van der Waals surface area contributed by atoms with Gasteiger partial charge in [0.25, 0.3) is 0 Å². The van der Waals surface area contributed by atoms with Crippen LogP contribution in [0.25, 0.3) is 0 Å². The van der Waals surface area contributed by atoms with Gasteiger partial charge in [0.2, 0.25) is 0 Å². The Morgan fingerprint density at radius 1 is 1.16 bits per heavy atom. The third-order valence-corrected chi connectivity index (χ3v) is 3.14. The van der Waals surface area contributed by atoms with Crippen LogP contribution >= 0.6 is 0 Å². The van der Waals surface area contributed by atoms with Crippen molar-refractivity contribution < 1.29 is 4.74 Å². The van der Waals surface area contributed by atoms with E-state index in [0.29, 0.717) is 0 Å². The molecule has 2 aromatic rings. The van der Waals surface area contributed by atoms with Crippen molar-refractivity contribution in [1.82, 2.24) is 9.97 Å². The van der Waals surface area contributed by atoms with Gasteiger partial charge in [0.05, 0.1) is 12.8 Å². The van der Waals surface area contributed by atoms with Gasteiger partial charge in [0.1, 0.15) is 11.6 Å². The Morgan fingerprint density at radius 2 is 2.00 bits per heavy atom. The minimum Gasteiger partial charge on any atom is -0.493 e. The van der Waals surface area contributed by atoms with Gasteiger partial charge in [-0.1, -0.05) is 12.1 Å². The summed E-state index contributed by atoms with van der Waals surface area (Å²) in [5.41, 5.74) is 1.20. The van der Waals surface area contributed by atoms with Crippen molar-refractivity contribution in [3.63, 3.8) is 0 Å². The van der Waals surface area contributed by atoms with E-state index in [2.05, 4.69) is 27.4 Å². The molecule has 0 bridgehead atoms. The number of hydrogen-bond acceptors (Lipinski definition) is 4. The summed E-state index contributed by atoms with van der Waals surface area (Å²) < 4.78 is 5.70. The summed E-state index contributed by atoms with van der Waals surface area (Å²) in [7, 11) is 0. The summed E-state index contributed by atoms with van der Waals surface area (Å²) in [6.07, 6.45) is 7.70. The molecule has 19 heavy (non-hydrogen) atoms. The van der Waals surface area contributed by atoms with Crippen molar-refractivity contribution >= 4 is 5.82 Å². The van der Waals surface area contributed by atoms with E-state index in [-0.39, 0.29) is 0 Å². The molecule has 1 saturated carbocycles. The van der Waals surface area contributed by atoms with Gasteiger partial charge in [-0.3, -0.25) is 4.98 Å². The topological polar surface area (TPSA) is 47.0 Å². The Labute approximate surface area is 112 Å². The van der Waals surface area contributed by atoms with Crippen molar-refractivity contribution in [2.24, 2.45) is 5.92 Å². The lowest BCUT2D eigenvalue weighted by atomic mass is 10.2. The summed E-state index contributed by atoms with van der Waals surface area (Å²) in [5.74, 6) is 2.53. The van der Waals surface area contributed by atoms with Crippen molar-refractivity contribution in [3.05, 3.63) is 48.4 Å². The molecule has 0 atom stereocenters. The zero-order valence-electron chi connectivity index (χ0n) is 10.7. The number of aromatic nitrogens is 2. The smallest absolute Gasteiger partial charge is 0.144 e. The van der Waals surface area contributed by atoms with E-state index in [1.807, 2.05) is 12.1 Å². The summed E-state index contributed by atoms with van der Waals surface area (Å²) in [4.78, 5) is 8.18. The maximum absolute atomic E-state index is 5.70. The monoisotopic (exact) mass is 255 g/mol. The van der Waals surface area contributed by atoms with Gasteiger partial charge in [0.15, 0.2) is 0 Å². The summed E-state index contributed by atoms with van der Waals surface area (Å²) in [6.45, 7) is 1.60. The van der Waals surface area contributed by atoms with E-state index in [1.54, 1.807) is 18.6 Å². The molecule has 1 aromatic heterocycles. The molecule has 0 unspecified atom stereocenters. The molecule has 4 nitrogen and oxygen atoms in total. The lowest BCUT2D eigenvalue weighted by Crippen LogP contribution is -2.02. The van der Waals surface area contributed by atoms with Crippen LogP contribution < -0.4 is 10.1 Å². The maximum atomic E-state index is 5.70. The normalized spacial score (nSPS) is 14.1. The Hall–Kier alpha value is -2.10. The van der Waals surface area contributed by atoms with Crippen LogP contribution in [0.2, 0.25) is 0 Å². The number of nitrogens with one attached hydrogen (secondary N) is 1. The Kier molecular flexibility index (Phi) is 3.58. The van der Waals surface area contributed by atoms with E-state index in [9.17, 15) is 0 Å². The standard InChI is InChI=1S/C15H17N3O/c1-2-13(1)11-19-14-5-3-12(4-6-14)9-18-15-10-16-7-8-17-15/h3-8,10,13H,1-2,9,11H2,(H,17,18). The molecule has 1 aliphatic rings. The second kappa shape index (κ2) is 5.69. The average molecular weight is 255 g/mol. The summed E-state index contributed by atoms with van der Waals surface area (Å²) in [6, 6.07) is 8.20. The van der Waals surface area contributed by atoms with E-state index in [4.69, 9.17) is 4.74 Å². The molecule has 1 aliphatic carbocycles. The van der Waals surface area contributed by atoms with Gasteiger partial charge >= 0.3 is 0 Å². The molecule has 0 aliphatic heterocycles. The van der Waals surface area contributed by atoms with Crippen LogP contribution in [-0.4, -0.2) is 16.6 Å². The van der Waals surface area contributed by atoms with Gasteiger partial charge < -0.3 is 10.1 Å². The van der Waals surface area contributed by atoms with Crippen LogP contribution in [0.5, 0.6) is 5.75 Å². The third kappa shape index (κ3) is 3.68. The fourth-order valence-electron chi connectivity index (χ4n) is 1.79. The van der Waals surface area contributed by atoms with Crippen LogP contribution in [0.3, 0.4) is 0 Å². The second-order valence-corrected chi connectivity index (χ2v) is 4.84. The molecule has 0 spiro atoms. The Balaban J connectivity index is 1.50. The zero-order chi connectivity index (χ0) is 12.9. The third-order valence-electron chi connectivity index (χ3n) is 3.14. The van der Waals surface area contributed by atoms with Crippen LogP contribution in [0.1, 0.15) is 18.4 Å². The number of anilines is 1. The first-order chi connectivity index (χ1) is 9.40. The van der Waals surface area contributed by atoms with Crippen molar-refractivity contribution in [1.29, 1.82) is 0 Å². The number of rotatable bonds is 6. The Morgan fingerprint density at radius 3 is 2.68 bits per heavy atom. The molecule has 1 N–H and O–H groups in total. The molecule has 1 heterocycles.